The molecule has 0 fully saturated rings. The summed E-state index contributed by atoms with van der Waals surface area (Å²) in [7, 11) is 1.69. The molecule has 3 nitrogen and oxygen atoms in total. The monoisotopic (exact) mass is 276 g/mol. The Kier molecular flexibility index (Phi) is 4.82. The van der Waals surface area contributed by atoms with Crippen molar-refractivity contribution >= 4 is 17.0 Å². The van der Waals surface area contributed by atoms with Gasteiger partial charge in [-0.15, -0.1) is 11.3 Å². The number of benzene rings is 1. The van der Waals surface area contributed by atoms with Crippen LogP contribution in [0.1, 0.15) is 17.4 Å². The predicted molar refractivity (Wildman–Crippen MR) is 81.5 cm³/mol. The third kappa shape index (κ3) is 3.72. The second kappa shape index (κ2) is 6.59. The van der Waals surface area contributed by atoms with Gasteiger partial charge in [0.2, 0.25) is 0 Å². The van der Waals surface area contributed by atoms with E-state index < -0.39 is 0 Å². The number of nitrogens with zero attached hydrogens (tertiary/aromatic N) is 1. The summed E-state index contributed by atoms with van der Waals surface area (Å²) in [5.74, 6) is 0.865. The minimum atomic E-state index is 0.738. The van der Waals surface area contributed by atoms with Gasteiger partial charge in [0.15, 0.2) is 0 Å². The maximum absolute atomic E-state index is 5.78. The number of nitrogen functional groups attached to an aromatic ring is 1. The zero-order valence-electron chi connectivity index (χ0n) is 11.4. The topological polar surface area (TPSA) is 38.5 Å². The Bertz CT molecular complexity index is 511. The molecule has 0 bridgehead atoms. The summed E-state index contributed by atoms with van der Waals surface area (Å²) < 4.78 is 5.40. The van der Waals surface area contributed by atoms with Crippen molar-refractivity contribution < 1.29 is 4.74 Å². The first-order valence-electron chi connectivity index (χ1n) is 6.40. The van der Waals surface area contributed by atoms with Gasteiger partial charge in [-0.2, -0.15) is 0 Å². The summed E-state index contributed by atoms with van der Waals surface area (Å²) in [6.45, 7) is 5.03. The molecule has 0 aliphatic carbocycles. The average molecular weight is 276 g/mol. The van der Waals surface area contributed by atoms with Gasteiger partial charge in [0.25, 0.3) is 0 Å². The lowest BCUT2D eigenvalue weighted by Crippen LogP contribution is -2.22. The fourth-order valence-electron chi connectivity index (χ4n) is 2.04. The van der Waals surface area contributed by atoms with E-state index in [0.717, 1.165) is 31.1 Å². The van der Waals surface area contributed by atoms with Gasteiger partial charge in [0, 0.05) is 35.3 Å². The van der Waals surface area contributed by atoms with Crippen LogP contribution >= 0.6 is 11.3 Å². The molecule has 2 N–H and O–H groups in total. The SMILES string of the molecule is CCN(Cc1cccs1)Cc1ccc(N)cc1OC. The molecular weight excluding hydrogens is 256 g/mol. The van der Waals surface area contributed by atoms with E-state index in [0.29, 0.717) is 0 Å². The minimum Gasteiger partial charge on any atom is -0.496 e. The summed E-state index contributed by atoms with van der Waals surface area (Å²) in [6, 6.07) is 10.1. The molecule has 0 amide bonds. The Morgan fingerprint density at radius 3 is 2.74 bits per heavy atom. The van der Waals surface area contributed by atoms with Gasteiger partial charge >= 0.3 is 0 Å². The quantitative estimate of drug-likeness (QED) is 0.822. The Labute approximate surface area is 118 Å². The highest BCUT2D eigenvalue weighted by Gasteiger charge is 2.10. The number of hydrogen-bond acceptors (Lipinski definition) is 4. The Morgan fingerprint density at radius 2 is 2.11 bits per heavy atom. The third-order valence-electron chi connectivity index (χ3n) is 3.11. The molecule has 0 unspecified atom stereocenters. The van der Waals surface area contributed by atoms with Crippen LogP contribution in [-0.2, 0) is 13.1 Å². The number of thiophene rings is 1. The van der Waals surface area contributed by atoms with Gasteiger partial charge in [-0.3, -0.25) is 4.90 Å². The lowest BCUT2D eigenvalue weighted by atomic mass is 10.1. The third-order valence-corrected chi connectivity index (χ3v) is 3.97. The normalized spacial score (nSPS) is 10.9. The molecule has 0 atom stereocenters. The molecule has 2 rings (SSSR count). The van der Waals surface area contributed by atoms with Crippen molar-refractivity contribution in [1.29, 1.82) is 0 Å². The molecule has 0 saturated carbocycles. The van der Waals surface area contributed by atoms with Crippen molar-refractivity contribution in [2.75, 3.05) is 19.4 Å². The minimum absolute atomic E-state index is 0.738. The number of hydrogen-bond donors (Lipinski definition) is 1. The molecule has 1 heterocycles. The summed E-state index contributed by atoms with van der Waals surface area (Å²) >= 11 is 1.80. The first kappa shape index (κ1) is 13.9. The number of methoxy groups -OCH3 is 1. The van der Waals surface area contributed by atoms with Crippen LogP contribution in [0.15, 0.2) is 35.7 Å². The van der Waals surface area contributed by atoms with E-state index >= 15 is 0 Å². The van der Waals surface area contributed by atoms with Crippen molar-refractivity contribution in [2.24, 2.45) is 0 Å². The van der Waals surface area contributed by atoms with Crippen LogP contribution in [-0.4, -0.2) is 18.6 Å². The molecule has 0 saturated heterocycles. The van der Waals surface area contributed by atoms with Crippen LogP contribution in [0.5, 0.6) is 5.75 Å². The largest absolute Gasteiger partial charge is 0.496 e. The van der Waals surface area contributed by atoms with Crippen LogP contribution < -0.4 is 10.5 Å². The molecule has 4 heteroatoms. The van der Waals surface area contributed by atoms with Crippen LogP contribution in [0.2, 0.25) is 0 Å². The summed E-state index contributed by atoms with van der Waals surface area (Å²) in [5.41, 5.74) is 7.70. The van der Waals surface area contributed by atoms with Gasteiger partial charge in [-0.05, 0) is 24.1 Å². The number of anilines is 1. The Hall–Kier alpha value is -1.52. The Balaban J connectivity index is 2.09. The van der Waals surface area contributed by atoms with E-state index in [1.807, 2.05) is 18.2 Å². The van der Waals surface area contributed by atoms with E-state index in [1.54, 1.807) is 18.4 Å². The van der Waals surface area contributed by atoms with Gasteiger partial charge in [0.05, 0.1) is 7.11 Å². The highest BCUT2D eigenvalue weighted by atomic mass is 32.1. The molecule has 19 heavy (non-hydrogen) atoms. The predicted octanol–water partition coefficient (Wildman–Crippen LogP) is 3.36. The van der Waals surface area contributed by atoms with E-state index in [9.17, 15) is 0 Å². The fourth-order valence-corrected chi connectivity index (χ4v) is 2.78. The number of rotatable bonds is 6. The second-order valence-corrected chi connectivity index (χ2v) is 5.49. The van der Waals surface area contributed by atoms with Crippen molar-refractivity contribution in [3.8, 4) is 5.75 Å². The van der Waals surface area contributed by atoms with Gasteiger partial charge in [-0.1, -0.05) is 19.1 Å². The first-order valence-corrected chi connectivity index (χ1v) is 7.28. The fraction of sp³-hybridized carbons (Fsp3) is 0.333. The zero-order chi connectivity index (χ0) is 13.7. The van der Waals surface area contributed by atoms with E-state index in [2.05, 4.69) is 29.3 Å². The molecule has 0 radical (unpaired) electrons. The smallest absolute Gasteiger partial charge is 0.125 e. The maximum atomic E-state index is 5.78. The van der Waals surface area contributed by atoms with Crippen LogP contribution in [0.25, 0.3) is 0 Å². The molecule has 0 aliphatic heterocycles. The van der Waals surface area contributed by atoms with Crippen molar-refractivity contribution in [2.45, 2.75) is 20.0 Å². The first-order chi connectivity index (χ1) is 9.22. The highest BCUT2D eigenvalue weighted by Crippen LogP contribution is 2.24. The summed E-state index contributed by atoms with van der Waals surface area (Å²) in [6.07, 6.45) is 0. The molecule has 102 valence electrons. The summed E-state index contributed by atoms with van der Waals surface area (Å²) in [4.78, 5) is 3.77. The van der Waals surface area contributed by atoms with Crippen LogP contribution in [0.3, 0.4) is 0 Å². The zero-order valence-corrected chi connectivity index (χ0v) is 12.2. The van der Waals surface area contributed by atoms with Gasteiger partial charge < -0.3 is 10.5 Å². The Morgan fingerprint density at radius 1 is 1.26 bits per heavy atom. The molecular formula is C15H20N2OS. The van der Waals surface area contributed by atoms with Crippen LogP contribution in [0, 0.1) is 0 Å². The van der Waals surface area contributed by atoms with Crippen molar-refractivity contribution in [1.82, 2.24) is 4.90 Å². The van der Waals surface area contributed by atoms with Gasteiger partial charge in [-0.25, -0.2) is 0 Å². The van der Waals surface area contributed by atoms with Crippen molar-refractivity contribution in [3.63, 3.8) is 0 Å². The lowest BCUT2D eigenvalue weighted by Gasteiger charge is -2.21. The molecule has 0 aliphatic rings. The average Bonchev–Trinajstić information content (AvgIpc) is 2.92. The molecule has 2 aromatic rings. The molecule has 1 aromatic carbocycles. The van der Waals surface area contributed by atoms with Crippen molar-refractivity contribution in [3.05, 3.63) is 46.2 Å². The molecule has 1 aromatic heterocycles. The van der Waals surface area contributed by atoms with Crippen LogP contribution in [0.4, 0.5) is 5.69 Å². The second-order valence-electron chi connectivity index (χ2n) is 4.45. The lowest BCUT2D eigenvalue weighted by molar-refractivity contribution is 0.268. The summed E-state index contributed by atoms with van der Waals surface area (Å²) in [5, 5.41) is 2.12. The van der Waals surface area contributed by atoms with Gasteiger partial charge in [0.1, 0.15) is 5.75 Å². The maximum Gasteiger partial charge on any atom is 0.125 e. The number of ether oxygens (including phenoxy) is 1. The van der Waals surface area contributed by atoms with E-state index in [4.69, 9.17) is 10.5 Å². The standard InChI is InChI=1S/C15H20N2OS/c1-3-17(11-14-5-4-8-19-14)10-12-6-7-13(16)9-15(12)18-2/h4-9H,3,10-11,16H2,1-2H3. The number of nitrogens with two attached hydrogens (primary N) is 1. The highest BCUT2D eigenvalue weighted by molar-refractivity contribution is 7.09. The van der Waals surface area contributed by atoms with E-state index in [1.165, 1.54) is 10.4 Å². The molecule has 0 spiro atoms. The van der Waals surface area contributed by atoms with E-state index in [-0.39, 0.29) is 0 Å².